The van der Waals surface area contributed by atoms with Crippen molar-refractivity contribution in [2.24, 2.45) is 0 Å². The van der Waals surface area contributed by atoms with Gasteiger partial charge in [-0.3, -0.25) is 0 Å². The molecule has 0 heterocycles. The zero-order valence-corrected chi connectivity index (χ0v) is 10.2. The molecule has 0 aromatic carbocycles. The highest BCUT2D eigenvalue weighted by Gasteiger charge is 2.33. The van der Waals surface area contributed by atoms with Gasteiger partial charge in [-0.15, -0.1) is 0 Å². The molecule has 3 nitrogen and oxygen atoms in total. The number of nitrogens with one attached hydrogen (secondary N) is 1. The van der Waals surface area contributed by atoms with Gasteiger partial charge in [0.25, 0.3) is 0 Å². The van der Waals surface area contributed by atoms with Crippen LogP contribution in [0.2, 0.25) is 0 Å². The van der Waals surface area contributed by atoms with Crippen LogP contribution in [0.1, 0.15) is 39.5 Å². The molecule has 90 valence electrons. The largest absolute Gasteiger partial charge is 0.379 e. The molecule has 1 N–H and O–H groups in total. The SMILES string of the molecule is CCNCC1(OCCOCC)CCCC1. The van der Waals surface area contributed by atoms with Gasteiger partial charge in [-0.25, -0.2) is 0 Å². The van der Waals surface area contributed by atoms with Crippen LogP contribution in [0.15, 0.2) is 0 Å². The highest BCUT2D eigenvalue weighted by molar-refractivity contribution is 4.88. The van der Waals surface area contributed by atoms with Crippen molar-refractivity contribution in [2.45, 2.75) is 45.1 Å². The van der Waals surface area contributed by atoms with Gasteiger partial charge in [-0.05, 0) is 26.3 Å². The molecule has 0 amide bonds. The molecule has 0 unspecified atom stereocenters. The second-order valence-corrected chi connectivity index (χ2v) is 4.22. The Labute approximate surface area is 93.5 Å². The lowest BCUT2D eigenvalue weighted by atomic mass is 10.0. The van der Waals surface area contributed by atoms with Crippen LogP contribution in [0.4, 0.5) is 0 Å². The molecule has 15 heavy (non-hydrogen) atoms. The van der Waals surface area contributed by atoms with Crippen LogP contribution in [0.25, 0.3) is 0 Å². The molecule has 0 saturated heterocycles. The minimum Gasteiger partial charge on any atom is -0.379 e. The Morgan fingerprint density at radius 3 is 2.47 bits per heavy atom. The summed E-state index contributed by atoms with van der Waals surface area (Å²) in [5, 5.41) is 3.41. The fourth-order valence-electron chi connectivity index (χ4n) is 2.21. The van der Waals surface area contributed by atoms with Crippen LogP contribution in [-0.2, 0) is 9.47 Å². The third kappa shape index (κ3) is 4.49. The smallest absolute Gasteiger partial charge is 0.0807 e. The molecule has 0 bridgehead atoms. The van der Waals surface area contributed by atoms with E-state index >= 15 is 0 Å². The Morgan fingerprint density at radius 1 is 1.13 bits per heavy atom. The van der Waals surface area contributed by atoms with E-state index in [1.807, 2.05) is 6.92 Å². The monoisotopic (exact) mass is 215 g/mol. The predicted octanol–water partition coefficient (Wildman–Crippen LogP) is 1.96. The fraction of sp³-hybridized carbons (Fsp3) is 1.00. The van der Waals surface area contributed by atoms with E-state index in [9.17, 15) is 0 Å². The van der Waals surface area contributed by atoms with E-state index in [0.29, 0.717) is 0 Å². The number of hydrogen-bond donors (Lipinski definition) is 1. The van der Waals surface area contributed by atoms with Crippen LogP contribution >= 0.6 is 0 Å². The summed E-state index contributed by atoms with van der Waals surface area (Å²) < 4.78 is 11.3. The molecule has 0 spiro atoms. The Bertz CT molecular complexity index is 156. The third-order valence-electron chi connectivity index (χ3n) is 3.05. The quantitative estimate of drug-likeness (QED) is 0.628. The Balaban J connectivity index is 2.23. The molecule has 3 heteroatoms. The normalized spacial score (nSPS) is 19.6. The average Bonchev–Trinajstić information content (AvgIpc) is 2.71. The van der Waals surface area contributed by atoms with Gasteiger partial charge in [0.05, 0.1) is 18.8 Å². The van der Waals surface area contributed by atoms with Crippen LogP contribution in [0.5, 0.6) is 0 Å². The summed E-state index contributed by atoms with van der Waals surface area (Å²) in [6.07, 6.45) is 5.01. The first kappa shape index (κ1) is 12.9. The Hall–Kier alpha value is -0.120. The predicted molar refractivity (Wildman–Crippen MR) is 62.2 cm³/mol. The maximum absolute atomic E-state index is 6.01. The molecule has 1 fully saturated rings. The summed E-state index contributed by atoms with van der Waals surface area (Å²) in [5.41, 5.74) is 0.104. The highest BCUT2D eigenvalue weighted by atomic mass is 16.5. The van der Waals surface area contributed by atoms with E-state index in [1.54, 1.807) is 0 Å². The summed E-state index contributed by atoms with van der Waals surface area (Å²) in [5.74, 6) is 0. The van der Waals surface area contributed by atoms with Crippen molar-refractivity contribution in [3.05, 3.63) is 0 Å². The molecule has 1 aliphatic carbocycles. The lowest BCUT2D eigenvalue weighted by Crippen LogP contribution is -2.41. The van der Waals surface area contributed by atoms with Gasteiger partial charge in [-0.2, -0.15) is 0 Å². The zero-order valence-electron chi connectivity index (χ0n) is 10.2. The van der Waals surface area contributed by atoms with E-state index in [1.165, 1.54) is 25.7 Å². The molecule has 0 aromatic rings. The maximum atomic E-state index is 6.01. The van der Waals surface area contributed by atoms with Crippen molar-refractivity contribution in [1.29, 1.82) is 0 Å². The van der Waals surface area contributed by atoms with E-state index in [4.69, 9.17) is 9.47 Å². The van der Waals surface area contributed by atoms with Crippen molar-refractivity contribution in [3.8, 4) is 0 Å². The second-order valence-electron chi connectivity index (χ2n) is 4.22. The Morgan fingerprint density at radius 2 is 1.87 bits per heavy atom. The summed E-state index contributed by atoms with van der Waals surface area (Å²) >= 11 is 0. The maximum Gasteiger partial charge on any atom is 0.0807 e. The van der Waals surface area contributed by atoms with Gasteiger partial charge in [0.1, 0.15) is 0 Å². The van der Waals surface area contributed by atoms with Crippen molar-refractivity contribution >= 4 is 0 Å². The molecule has 1 aliphatic rings. The third-order valence-corrected chi connectivity index (χ3v) is 3.05. The topological polar surface area (TPSA) is 30.5 Å². The van der Waals surface area contributed by atoms with Crippen molar-refractivity contribution in [2.75, 3.05) is 32.9 Å². The molecule has 0 atom stereocenters. The summed E-state index contributed by atoms with van der Waals surface area (Å²) in [6.45, 7) is 8.42. The number of likely N-dealkylation sites (N-methyl/N-ethyl adjacent to an activating group) is 1. The van der Waals surface area contributed by atoms with Gasteiger partial charge in [-0.1, -0.05) is 19.8 Å². The molecular weight excluding hydrogens is 190 g/mol. The first-order chi connectivity index (χ1) is 7.33. The lowest BCUT2D eigenvalue weighted by Gasteiger charge is -2.29. The van der Waals surface area contributed by atoms with Gasteiger partial charge < -0.3 is 14.8 Å². The fourth-order valence-corrected chi connectivity index (χ4v) is 2.21. The van der Waals surface area contributed by atoms with E-state index < -0.39 is 0 Å². The van der Waals surface area contributed by atoms with E-state index in [-0.39, 0.29) is 5.60 Å². The molecule has 0 aromatic heterocycles. The summed E-state index contributed by atoms with van der Waals surface area (Å²) in [4.78, 5) is 0. The summed E-state index contributed by atoms with van der Waals surface area (Å²) in [7, 11) is 0. The number of rotatable bonds is 8. The lowest BCUT2D eigenvalue weighted by molar-refractivity contribution is -0.0612. The second kappa shape index (κ2) is 7.20. The van der Waals surface area contributed by atoms with Gasteiger partial charge in [0.2, 0.25) is 0 Å². The average molecular weight is 215 g/mol. The zero-order chi connectivity index (χ0) is 11.0. The summed E-state index contributed by atoms with van der Waals surface area (Å²) in [6, 6.07) is 0. The highest BCUT2D eigenvalue weighted by Crippen LogP contribution is 2.32. The molecule has 0 aliphatic heterocycles. The van der Waals surface area contributed by atoms with Crippen LogP contribution in [0, 0.1) is 0 Å². The van der Waals surface area contributed by atoms with Crippen LogP contribution in [0.3, 0.4) is 0 Å². The number of ether oxygens (including phenoxy) is 2. The van der Waals surface area contributed by atoms with Crippen molar-refractivity contribution < 1.29 is 9.47 Å². The molecule has 1 rings (SSSR count). The Kier molecular flexibility index (Phi) is 6.22. The van der Waals surface area contributed by atoms with Crippen molar-refractivity contribution in [3.63, 3.8) is 0 Å². The molecular formula is C12H25NO2. The standard InChI is InChI=1S/C12H25NO2/c1-3-13-11-12(7-5-6-8-12)15-10-9-14-4-2/h13H,3-11H2,1-2H3. The van der Waals surface area contributed by atoms with Crippen LogP contribution < -0.4 is 5.32 Å². The van der Waals surface area contributed by atoms with E-state index in [0.717, 1.165) is 32.9 Å². The molecule has 1 saturated carbocycles. The van der Waals surface area contributed by atoms with Gasteiger partial charge in [0, 0.05) is 13.2 Å². The van der Waals surface area contributed by atoms with E-state index in [2.05, 4.69) is 12.2 Å². The van der Waals surface area contributed by atoms with Gasteiger partial charge >= 0.3 is 0 Å². The first-order valence-corrected chi connectivity index (χ1v) is 6.25. The van der Waals surface area contributed by atoms with Gasteiger partial charge in [0.15, 0.2) is 0 Å². The number of hydrogen-bond acceptors (Lipinski definition) is 3. The van der Waals surface area contributed by atoms with Crippen molar-refractivity contribution in [1.82, 2.24) is 5.32 Å². The minimum atomic E-state index is 0.104. The minimum absolute atomic E-state index is 0.104. The molecule has 0 radical (unpaired) electrons. The van der Waals surface area contributed by atoms with Crippen LogP contribution in [-0.4, -0.2) is 38.5 Å². The first-order valence-electron chi connectivity index (χ1n) is 6.25.